The van der Waals surface area contributed by atoms with E-state index < -0.39 is 0 Å². The molecule has 0 radical (unpaired) electrons. The number of hydrogen-bond acceptors (Lipinski definition) is 3. The van der Waals surface area contributed by atoms with Crippen LogP contribution < -0.4 is 9.47 Å². The van der Waals surface area contributed by atoms with Gasteiger partial charge in [0.05, 0.1) is 26.6 Å². The maximum Gasteiger partial charge on any atom is 0.124 e. The Kier molecular flexibility index (Phi) is 4.10. The van der Waals surface area contributed by atoms with Crippen LogP contribution in [0.4, 0.5) is 0 Å². The number of benzene rings is 2. The highest BCUT2D eigenvalue weighted by molar-refractivity contribution is 5.47. The Morgan fingerprint density at radius 2 is 1.41 bits per heavy atom. The minimum atomic E-state index is -0.0604. The van der Waals surface area contributed by atoms with Crippen LogP contribution in [0.3, 0.4) is 0 Å². The van der Waals surface area contributed by atoms with Crippen molar-refractivity contribution >= 4 is 0 Å². The second-order valence-electron chi connectivity index (χ2n) is 4.90. The minimum Gasteiger partial charge on any atom is -0.496 e. The van der Waals surface area contributed by atoms with Crippen molar-refractivity contribution in [1.82, 2.24) is 9.55 Å². The normalized spacial score (nSPS) is 10.7. The van der Waals surface area contributed by atoms with Crippen LogP contribution in [0, 0.1) is 0 Å². The Morgan fingerprint density at radius 1 is 0.864 bits per heavy atom. The number of ether oxygens (including phenoxy) is 2. The summed E-state index contributed by atoms with van der Waals surface area (Å²) < 4.78 is 13.1. The molecule has 0 saturated heterocycles. The largest absolute Gasteiger partial charge is 0.496 e. The van der Waals surface area contributed by atoms with E-state index in [1.165, 1.54) is 0 Å². The Bertz CT molecular complexity index is 691. The molecule has 1 aromatic heterocycles. The summed E-state index contributed by atoms with van der Waals surface area (Å²) in [4.78, 5) is 4.19. The summed E-state index contributed by atoms with van der Waals surface area (Å²) in [6.45, 7) is 0. The van der Waals surface area contributed by atoms with Crippen LogP contribution in [0.25, 0.3) is 0 Å². The van der Waals surface area contributed by atoms with Gasteiger partial charge in [0.1, 0.15) is 11.5 Å². The first-order chi connectivity index (χ1) is 10.8. The van der Waals surface area contributed by atoms with Crippen LogP contribution in [0.1, 0.15) is 17.2 Å². The quantitative estimate of drug-likeness (QED) is 0.722. The van der Waals surface area contributed by atoms with E-state index in [4.69, 9.17) is 9.47 Å². The molecule has 0 N–H and O–H groups in total. The Labute approximate surface area is 130 Å². The second-order valence-corrected chi connectivity index (χ2v) is 4.90. The van der Waals surface area contributed by atoms with Gasteiger partial charge in [0, 0.05) is 23.5 Å². The van der Waals surface area contributed by atoms with Crippen molar-refractivity contribution in [3.63, 3.8) is 0 Å². The third kappa shape index (κ3) is 2.55. The fourth-order valence-corrected chi connectivity index (χ4v) is 2.70. The van der Waals surface area contributed by atoms with E-state index in [1.54, 1.807) is 20.4 Å². The van der Waals surface area contributed by atoms with Gasteiger partial charge >= 0.3 is 0 Å². The van der Waals surface area contributed by atoms with E-state index >= 15 is 0 Å². The summed E-state index contributed by atoms with van der Waals surface area (Å²) in [5, 5.41) is 0. The molecular formula is C18H18N2O2. The molecule has 3 aromatic rings. The van der Waals surface area contributed by atoms with Crippen molar-refractivity contribution in [2.75, 3.05) is 14.2 Å². The minimum absolute atomic E-state index is 0.0604. The van der Waals surface area contributed by atoms with Crippen molar-refractivity contribution < 1.29 is 9.47 Å². The van der Waals surface area contributed by atoms with E-state index in [0.29, 0.717) is 0 Å². The monoisotopic (exact) mass is 294 g/mol. The number of hydrogen-bond donors (Lipinski definition) is 0. The molecule has 1 heterocycles. The van der Waals surface area contributed by atoms with Crippen LogP contribution in [0.2, 0.25) is 0 Å². The Morgan fingerprint density at radius 3 is 1.86 bits per heavy atom. The molecule has 4 nitrogen and oxygen atoms in total. The van der Waals surface area contributed by atoms with Gasteiger partial charge in [-0.15, -0.1) is 0 Å². The number of nitrogens with zero attached hydrogens (tertiary/aromatic N) is 2. The maximum absolute atomic E-state index is 5.54. The van der Waals surface area contributed by atoms with Crippen molar-refractivity contribution in [3.05, 3.63) is 78.4 Å². The summed E-state index contributed by atoms with van der Waals surface area (Å²) in [7, 11) is 3.37. The average Bonchev–Trinajstić information content (AvgIpc) is 3.10. The highest BCUT2D eigenvalue weighted by Crippen LogP contribution is 2.37. The highest BCUT2D eigenvalue weighted by atomic mass is 16.5. The zero-order valence-corrected chi connectivity index (χ0v) is 12.6. The molecule has 0 atom stereocenters. The van der Waals surface area contributed by atoms with Gasteiger partial charge in [-0.05, 0) is 12.1 Å². The van der Waals surface area contributed by atoms with Crippen molar-refractivity contribution in [3.8, 4) is 11.5 Å². The van der Waals surface area contributed by atoms with E-state index in [0.717, 1.165) is 22.6 Å². The first-order valence-corrected chi connectivity index (χ1v) is 7.08. The lowest BCUT2D eigenvalue weighted by Gasteiger charge is -2.23. The van der Waals surface area contributed by atoms with Crippen LogP contribution in [0.5, 0.6) is 11.5 Å². The number of rotatable bonds is 5. The summed E-state index contributed by atoms with van der Waals surface area (Å²) in [6.07, 6.45) is 5.53. The summed E-state index contributed by atoms with van der Waals surface area (Å²) >= 11 is 0. The first-order valence-electron chi connectivity index (χ1n) is 7.08. The lowest BCUT2D eigenvalue weighted by Crippen LogP contribution is -2.13. The fraction of sp³-hybridized carbons (Fsp3) is 0.167. The van der Waals surface area contributed by atoms with Crippen molar-refractivity contribution in [1.29, 1.82) is 0 Å². The number of aromatic nitrogens is 2. The predicted molar refractivity (Wildman–Crippen MR) is 85.5 cm³/mol. The number of methoxy groups -OCH3 is 2. The highest BCUT2D eigenvalue weighted by Gasteiger charge is 2.22. The zero-order valence-electron chi connectivity index (χ0n) is 12.6. The van der Waals surface area contributed by atoms with Gasteiger partial charge in [-0.2, -0.15) is 0 Å². The van der Waals surface area contributed by atoms with Gasteiger partial charge in [0.2, 0.25) is 0 Å². The van der Waals surface area contributed by atoms with Crippen molar-refractivity contribution in [2.24, 2.45) is 0 Å². The Balaban J connectivity index is 2.21. The number of para-hydroxylation sites is 2. The summed E-state index contributed by atoms with van der Waals surface area (Å²) in [5.41, 5.74) is 2.12. The molecule has 0 fully saturated rings. The van der Waals surface area contributed by atoms with Gasteiger partial charge in [-0.1, -0.05) is 36.4 Å². The third-order valence-corrected chi connectivity index (χ3v) is 3.69. The van der Waals surface area contributed by atoms with Crippen LogP contribution in [-0.4, -0.2) is 23.8 Å². The molecule has 112 valence electrons. The van der Waals surface area contributed by atoms with E-state index in [1.807, 2.05) is 48.9 Å². The van der Waals surface area contributed by atoms with Gasteiger partial charge in [-0.3, -0.25) is 0 Å². The molecule has 22 heavy (non-hydrogen) atoms. The molecule has 0 aliphatic carbocycles. The molecule has 0 aliphatic rings. The predicted octanol–water partition coefficient (Wildman–Crippen LogP) is 3.54. The molecular weight excluding hydrogens is 276 g/mol. The lowest BCUT2D eigenvalue weighted by atomic mass is 9.96. The van der Waals surface area contributed by atoms with Crippen LogP contribution in [-0.2, 0) is 0 Å². The fourth-order valence-electron chi connectivity index (χ4n) is 2.70. The topological polar surface area (TPSA) is 36.3 Å². The molecule has 0 spiro atoms. The first kappa shape index (κ1) is 14.2. The average molecular weight is 294 g/mol. The molecule has 0 saturated carbocycles. The van der Waals surface area contributed by atoms with E-state index in [-0.39, 0.29) is 6.04 Å². The summed E-state index contributed by atoms with van der Waals surface area (Å²) in [6, 6.07) is 16.0. The molecule has 0 amide bonds. The third-order valence-electron chi connectivity index (χ3n) is 3.69. The molecule has 3 rings (SSSR count). The van der Waals surface area contributed by atoms with Crippen LogP contribution >= 0.6 is 0 Å². The summed E-state index contributed by atoms with van der Waals surface area (Å²) in [5.74, 6) is 1.68. The zero-order chi connectivity index (χ0) is 15.4. The molecule has 0 unspecified atom stereocenters. The lowest BCUT2D eigenvalue weighted by molar-refractivity contribution is 0.395. The van der Waals surface area contributed by atoms with Gasteiger partial charge in [-0.25, -0.2) is 4.98 Å². The SMILES string of the molecule is COc1ccccc1C(c1ccccc1OC)n1ccnc1. The van der Waals surface area contributed by atoms with Crippen LogP contribution in [0.15, 0.2) is 67.3 Å². The van der Waals surface area contributed by atoms with Gasteiger partial charge in [0.25, 0.3) is 0 Å². The van der Waals surface area contributed by atoms with E-state index in [2.05, 4.69) is 21.7 Å². The van der Waals surface area contributed by atoms with E-state index in [9.17, 15) is 0 Å². The number of imidazole rings is 1. The molecule has 0 aliphatic heterocycles. The smallest absolute Gasteiger partial charge is 0.124 e. The molecule has 2 aromatic carbocycles. The van der Waals surface area contributed by atoms with Gasteiger partial charge < -0.3 is 14.0 Å². The molecule has 0 bridgehead atoms. The Hall–Kier alpha value is -2.75. The van der Waals surface area contributed by atoms with Gasteiger partial charge in [0.15, 0.2) is 0 Å². The molecule has 4 heteroatoms. The van der Waals surface area contributed by atoms with Crippen molar-refractivity contribution in [2.45, 2.75) is 6.04 Å². The standard InChI is InChI=1S/C18H18N2O2/c1-21-16-9-5-3-7-14(16)18(20-12-11-19-13-20)15-8-4-6-10-17(15)22-2/h3-13,18H,1-2H3. The second kappa shape index (κ2) is 6.35. The maximum atomic E-state index is 5.54.